The molecule has 3 heteroatoms. The van der Waals surface area contributed by atoms with E-state index in [4.69, 9.17) is 5.73 Å². The maximum atomic E-state index is 11.1. The van der Waals surface area contributed by atoms with Gasteiger partial charge in [-0.25, -0.2) is 0 Å². The molecule has 0 bridgehead atoms. The van der Waals surface area contributed by atoms with E-state index in [2.05, 4.69) is 0 Å². The molecular formula is C10H22N2O. The van der Waals surface area contributed by atoms with E-state index in [1.165, 1.54) is 0 Å². The molecule has 0 spiro atoms. The highest BCUT2D eigenvalue weighted by molar-refractivity contribution is 5.75. The minimum atomic E-state index is -0.0421. The molecule has 0 radical (unpaired) electrons. The average molecular weight is 186 g/mol. The van der Waals surface area contributed by atoms with Crippen molar-refractivity contribution in [2.45, 2.75) is 45.6 Å². The van der Waals surface area contributed by atoms with E-state index in [9.17, 15) is 4.79 Å². The van der Waals surface area contributed by atoms with E-state index in [1.807, 2.05) is 27.8 Å². The van der Waals surface area contributed by atoms with Gasteiger partial charge in [0.05, 0.1) is 0 Å². The van der Waals surface area contributed by atoms with E-state index >= 15 is 0 Å². The highest BCUT2D eigenvalue weighted by Crippen LogP contribution is 2.32. The maximum absolute atomic E-state index is 11.1. The zero-order valence-corrected chi connectivity index (χ0v) is 9.26. The Bertz CT molecular complexity index is 164. The molecule has 1 fully saturated rings. The highest BCUT2D eigenvalue weighted by atomic mass is 16.2. The van der Waals surface area contributed by atoms with Crippen molar-refractivity contribution in [1.82, 2.24) is 4.90 Å². The quantitative estimate of drug-likeness (QED) is 0.723. The van der Waals surface area contributed by atoms with Gasteiger partial charge in [0.25, 0.3) is 0 Å². The van der Waals surface area contributed by atoms with Crippen LogP contribution in [0, 0.1) is 0 Å². The molecule has 0 atom stereocenters. The van der Waals surface area contributed by atoms with Crippen LogP contribution in [0.25, 0.3) is 0 Å². The summed E-state index contributed by atoms with van der Waals surface area (Å²) in [5.41, 5.74) is 5.80. The molecule has 1 aliphatic rings. The molecule has 0 aliphatic heterocycles. The summed E-state index contributed by atoms with van der Waals surface area (Å²) in [4.78, 5) is 12.8. The minimum Gasteiger partial charge on any atom is -0.344 e. The molecule has 0 saturated heterocycles. The van der Waals surface area contributed by atoms with Gasteiger partial charge in [-0.1, -0.05) is 20.8 Å². The number of nitrogens with two attached hydrogens (primary N) is 1. The predicted molar refractivity (Wildman–Crippen MR) is 55.4 cm³/mol. The number of amides is 1. The lowest BCUT2D eigenvalue weighted by Crippen LogP contribution is -2.40. The molecule has 0 aromatic carbocycles. The molecule has 1 rings (SSSR count). The van der Waals surface area contributed by atoms with Crippen molar-refractivity contribution >= 4 is 5.91 Å². The van der Waals surface area contributed by atoms with Crippen LogP contribution in [0.3, 0.4) is 0 Å². The topological polar surface area (TPSA) is 46.3 Å². The Balaban J connectivity index is 0.000000671. The molecule has 0 aromatic rings. The standard InChI is InChI=1S/C8H16N2O.C2H6/c1-3-7(11)10(2)6-8(9)4-5-8;1-2/h3-6,9H2,1-2H3;1-2H3. The second-order valence-electron chi connectivity index (χ2n) is 3.47. The van der Waals surface area contributed by atoms with E-state index in [0.29, 0.717) is 6.42 Å². The molecule has 13 heavy (non-hydrogen) atoms. The number of rotatable bonds is 3. The largest absolute Gasteiger partial charge is 0.344 e. The second kappa shape index (κ2) is 5.22. The molecule has 1 aliphatic carbocycles. The van der Waals surface area contributed by atoms with E-state index in [-0.39, 0.29) is 11.4 Å². The van der Waals surface area contributed by atoms with Gasteiger partial charge in [-0.2, -0.15) is 0 Å². The summed E-state index contributed by atoms with van der Waals surface area (Å²) >= 11 is 0. The third-order valence-corrected chi connectivity index (χ3v) is 2.17. The van der Waals surface area contributed by atoms with Gasteiger partial charge in [0, 0.05) is 25.6 Å². The number of carbonyl (C=O) groups excluding carboxylic acids is 1. The summed E-state index contributed by atoms with van der Waals surface area (Å²) in [5, 5.41) is 0. The molecule has 3 nitrogen and oxygen atoms in total. The minimum absolute atomic E-state index is 0.0421. The van der Waals surface area contributed by atoms with Gasteiger partial charge in [0.2, 0.25) is 5.91 Å². The van der Waals surface area contributed by atoms with E-state index in [0.717, 1.165) is 19.4 Å². The first kappa shape index (κ1) is 12.4. The first-order valence-corrected chi connectivity index (χ1v) is 5.10. The number of nitrogens with zero attached hydrogens (tertiary/aromatic N) is 1. The number of carbonyl (C=O) groups is 1. The van der Waals surface area contributed by atoms with Gasteiger partial charge < -0.3 is 10.6 Å². The van der Waals surface area contributed by atoms with Gasteiger partial charge in [0.15, 0.2) is 0 Å². The summed E-state index contributed by atoms with van der Waals surface area (Å²) in [6.45, 7) is 6.59. The van der Waals surface area contributed by atoms with Crippen molar-refractivity contribution < 1.29 is 4.79 Å². The Morgan fingerprint density at radius 1 is 1.46 bits per heavy atom. The fraction of sp³-hybridized carbons (Fsp3) is 0.900. The van der Waals surface area contributed by atoms with Crippen LogP contribution in [0.1, 0.15) is 40.0 Å². The predicted octanol–water partition coefficient (Wildman–Crippen LogP) is 1.37. The highest BCUT2D eigenvalue weighted by Gasteiger charge is 2.39. The van der Waals surface area contributed by atoms with Crippen molar-refractivity contribution in [3.8, 4) is 0 Å². The van der Waals surface area contributed by atoms with Crippen LogP contribution in [0.15, 0.2) is 0 Å². The fourth-order valence-electron chi connectivity index (χ4n) is 1.15. The van der Waals surface area contributed by atoms with Crippen LogP contribution >= 0.6 is 0 Å². The SMILES string of the molecule is CC.CCC(=O)N(C)CC1(N)CC1. The van der Waals surface area contributed by atoms with Crippen LogP contribution in [-0.4, -0.2) is 29.9 Å². The van der Waals surface area contributed by atoms with Crippen LogP contribution in [0.5, 0.6) is 0 Å². The van der Waals surface area contributed by atoms with E-state index < -0.39 is 0 Å². The van der Waals surface area contributed by atoms with E-state index in [1.54, 1.807) is 4.90 Å². The fourth-order valence-corrected chi connectivity index (χ4v) is 1.15. The van der Waals surface area contributed by atoms with Gasteiger partial charge >= 0.3 is 0 Å². The van der Waals surface area contributed by atoms with Crippen LogP contribution in [0.2, 0.25) is 0 Å². The monoisotopic (exact) mass is 186 g/mol. The zero-order valence-electron chi connectivity index (χ0n) is 9.26. The normalized spacial score (nSPS) is 17.0. The summed E-state index contributed by atoms with van der Waals surface area (Å²) in [6, 6.07) is 0. The molecular weight excluding hydrogens is 164 g/mol. The number of hydrogen-bond acceptors (Lipinski definition) is 2. The molecule has 1 amide bonds. The van der Waals surface area contributed by atoms with Gasteiger partial charge in [-0.3, -0.25) is 4.79 Å². The van der Waals surface area contributed by atoms with Crippen molar-refractivity contribution in [2.24, 2.45) is 5.73 Å². The summed E-state index contributed by atoms with van der Waals surface area (Å²) in [5.74, 6) is 0.182. The third-order valence-electron chi connectivity index (χ3n) is 2.17. The first-order valence-electron chi connectivity index (χ1n) is 5.10. The Morgan fingerprint density at radius 3 is 2.23 bits per heavy atom. The smallest absolute Gasteiger partial charge is 0.222 e. The van der Waals surface area contributed by atoms with Crippen molar-refractivity contribution in [1.29, 1.82) is 0 Å². The third kappa shape index (κ3) is 4.27. The molecule has 0 aromatic heterocycles. The average Bonchev–Trinajstić information content (AvgIpc) is 2.85. The Hall–Kier alpha value is -0.570. The molecule has 1 saturated carbocycles. The zero-order chi connectivity index (χ0) is 10.5. The second-order valence-corrected chi connectivity index (χ2v) is 3.47. The lowest BCUT2D eigenvalue weighted by atomic mass is 10.2. The van der Waals surface area contributed by atoms with Crippen molar-refractivity contribution in [2.75, 3.05) is 13.6 Å². The Kier molecular flexibility index (Phi) is 4.99. The summed E-state index contributed by atoms with van der Waals surface area (Å²) < 4.78 is 0. The first-order chi connectivity index (χ1) is 6.07. The molecule has 0 unspecified atom stereocenters. The van der Waals surface area contributed by atoms with Crippen LogP contribution in [0.4, 0.5) is 0 Å². The lowest BCUT2D eigenvalue weighted by molar-refractivity contribution is -0.129. The Labute approximate surface area is 81.3 Å². The van der Waals surface area contributed by atoms with Gasteiger partial charge in [0.1, 0.15) is 0 Å². The molecule has 0 heterocycles. The van der Waals surface area contributed by atoms with Crippen molar-refractivity contribution in [3.63, 3.8) is 0 Å². The lowest BCUT2D eigenvalue weighted by Gasteiger charge is -2.20. The van der Waals surface area contributed by atoms with Crippen LogP contribution < -0.4 is 5.73 Å². The van der Waals surface area contributed by atoms with Crippen LogP contribution in [-0.2, 0) is 4.79 Å². The molecule has 78 valence electrons. The summed E-state index contributed by atoms with van der Waals surface area (Å²) in [7, 11) is 1.82. The molecule has 2 N–H and O–H groups in total. The Morgan fingerprint density at radius 2 is 1.92 bits per heavy atom. The van der Waals surface area contributed by atoms with Gasteiger partial charge in [-0.05, 0) is 12.8 Å². The number of likely N-dealkylation sites (N-methyl/N-ethyl adjacent to an activating group) is 1. The maximum Gasteiger partial charge on any atom is 0.222 e. The summed E-state index contributed by atoms with van der Waals surface area (Å²) in [6.07, 6.45) is 2.70. The van der Waals surface area contributed by atoms with Crippen molar-refractivity contribution in [3.05, 3.63) is 0 Å². The van der Waals surface area contributed by atoms with Gasteiger partial charge in [-0.15, -0.1) is 0 Å². The number of hydrogen-bond donors (Lipinski definition) is 1.